The molecule has 0 radical (unpaired) electrons. The van der Waals surface area contributed by atoms with Crippen LogP contribution in [0.5, 0.6) is 5.75 Å². The zero-order valence-corrected chi connectivity index (χ0v) is 13.2. The van der Waals surface area contributed by atoms with Gasteiger partial charge in [-0.25, -0.2) is 0 Å². The van der Waals surface area contributed by atoms with Gasteiger partial charge in [0, 0.05) is 13.2 Å². The van der Waals surface area contributed by atoms with Crippen molar-refractivity contribution in [2.24, 2.45) is 0 Å². The number of hydrogen-bond donors (Lipinski definition) is 0. The van der Waals surface area contributed by atoms with E-state index in [0.717, 1.165) is 25.2 Å². The van der Waals surface area contributed by atoms with Crippen LogP contribution in [0.1, 0.15) is 29.0 Å². The van der Waals surface area contributed by atoms with E-state index in [4.69, 9.17) is 13.9 Å². The molecule has 0 spiro atoms. The fraction of sp³-hybridized carbons (Fsp3) is 0.389. The Kier molecular flexibility index (Phi) is 4.98. The summed E-state index contributed by atoms with van der Waals surface area (Å²) in [6.07, 6.45) is 3.73. The molecule has 1 aromatic heterocycles. The van der Waals surface area contributed by atoms with Gasteiger partial charge in [-0.05, 0) is 37.1 Å². The van der Waals surface area contributed by atoms with Crippen molar-refractivity contribution in [1.82, 2.24) is 4.90 Å². The van der Waals surface area contributed by atoms with E-state index in [9.17, 15) is 4.79 Å². The summed E-state index contributed by atoms with van der Waals surface area (Å²) in [6, 6.07) is 11.0. The molecule has 1 aromatic carbocycles. The van der Waals surface area contributed by atoms with Gasteiger partial charge in [0.25, 0.3) is 5.91 Å². The van der Waals surface area contributed by atoms with Crippen molar-refractivity contribution in [3.05, 3.63) is 54.0 Å². The second kappa shape index (κ2) is 7.33. The Morgan fingerprint density at radius 2 is 2.17 bits per heavy atom. The van der Waals surface area contributed by atoms with Crippen molar-refractivity contribution in [3.63, 3.8) is 0 Å². The van der Waals surface area contributed by atoms with E-state index in [1.54, 1.807) is 30.4 Å². The number of amides is 1. The number of carbonyl (C=O) groups is 1. The number of para-hydroxylation sites is 1. The summed E-state index contributed by atoms with van der Waals surface area (Å²) in [5.41, 5.74) is 0.555. The fourth-order valence-electron chi connectivity index (χ4n) is 2.84. The third-order valence-corrected chi connectivity index (χ3v) is 4.00. The minimum atomic E-state index is -0.0747. The molecule has 5 nitrogen and oxygen atoms in total. The van der Waals surface area contributed by atoms with Gasteiger partial charge in [-0.1, -0.05) is 12.1 Å². The van der Waals surface area contributed by atoms with Crippen LogP contribution < -0.4 is 4.74 Å². The highest BCUT2D eigenvalue weighted by atomic mass is 16.5. The molecule has 2 aromatic rings. The van der Waals surface area contributed by atoms with E-state index in [1.807, 2.05) is 24.3 Å². The molecule has 1 fully saturated rings. The molecule has 0 saturated carbocycles. The Morgan fingerprint density at radius 3 is 2.87 bits per heavy atom. The van der Waals surface area contributed by atoms with Gasteiger partial charge < -0.3 is 18.8 Å². The number of hydrogen-bond acceptors (Lipinski definition) is 4. The van der Waals surface area contributed by atoms with Crippen LogP contribution in [0.2, 0.25) is 0 Å². The van der Waals surface area contributed by atoms with Gasteiger partial charge in [-0.2, -0.15) is 0 Å². The summed E-state index contributed by atoms with van der Waals surface area (Å²) >= 11 is 0. The van der Waals surface area contributed by atoms with Gasteiger partial charge in [-0.3, -0.25) is 4.79 Å². The van der Waals surface area contributed by atoms with Crippen LogP contribution in [-0.2, 0) is 11.3 Å². The van der Waals surface area contributed by atoms with E-state index < -0.39 is 0 Å². The quantitative estimate of drug-likeness (QED) is 0.822. The average Bonchev–Trinajstić information content (AvgIpc) is 3.27. The highest BCUT2D eigenvalue weighted by Crippen LogP contribution is 2.22. The van der Waals surface area contributed by atoms with Crippen molar-refractivity contribution in [2.45, 2.75) is 25.5 Å². The van der Waals surface area contributed by atoms with Crippen molar-refractivity contribution >= 4 is 5.91 Å². The first-order valence-corrected chi connectivity index (χ1v) is 7.84. The van der Waals surface area contributed by atoms with Crippen molar-refractivity contribution in [3.8, 4) is 5.75 Å². The first-order chi connectivity index (χ1) is 11.3. The number of rotatable bonds is 6. The van der Waals surface area contributed by atoms with Crippen molar-refractivity contribution in [1.29, 1.82) is 0 Å². The molecule has 1 saturated heterocycles. The standard InChI is InChI=1S/C18H21NO4/c1-21-17-9-3-2-8-16(17)18(20)19(12-14-6-4-10-22-14)13-15-7-5-11-23-15/h2-4,6,8-10,15H,5,7,11-13H2,1H3. The third-order valence-electron chi connectivity index (χ3n) is 4.00. The van der Waals surface area contributed by atoms with Crippen molar-refractivity contribution in [2.75, 3.05) is 20.3 Å². The molecule has 23 heavy (non-hydrogen) atoms. The Labute approximate surface area is 135 Å². The van der Waals surface area contributed by atoms with E-state index in [0.29, 0.717) is 24.4 Å². The van der Waals surface area contributed by atoms with Crippen LogP contribution in [0, 0.1) is 0 Å². The van der Waals surface area contributed by atoms with Crippen LogP contribution in [-0.4, -0.2) is 37.2 Å². The zero-order valence-electron chi connectivity index (χ0n) is 13.2. The molecule has 122 valence electrons. The second-order valence-corrected chi connectivity index (χ2v) is 5.60. The second-order valence-electron chi connectivity index (χ2n) is 5.60. The summed E-state index contributed by atoms with van der Waals surface area (Å²) in [7, 11) is 1.57. The maximum atomic E-state index is 13.0. The molecule has 1 amide bonds. The molecule has 1 aliphatic heterocycles. The van der Waals surface area contributed by atoms with E-state index in [-0.39, 0.29) is 12.0 Å². The molecule has 0 bridgehead atoms. The molecule has 1 atom stereocenters. The number of methoxy groups -OCH3 is 1. The maximum Gasteiger partial charge on any atom is 0.258 e. The highest BCUT2D eigenvalue weighted by molar-refractivity contribution is 5.96. The van der Waals surface area contributed by atoms with Crippen LogP contribution in [0.3, 0.4) is 0 Å². The van der Waals surface area contributed by atoms with E-state index >= 15 is 0 Å². The lowest BCUT2D eigenvalue weighted by Gasteiger charge is -2.25. The average molecular weight is 315 g/mol. The van der Waals surface area contributed by atoms with Gasteiger partial charge in [0.05, 0.1) is 31.6 Å². The van der Waals surface area contributed by atoms with Crippen LogP contribution >= 0.6 is 0 Å². The predicted octanol–water partition coefficient (Wildman–Crippen LogP) is 3.11. The Balaban J connectivity index is 1.82. The van der Waals surface area contributed by atoms with E-state index in [2.05, 4.69) is 0 Å². The lowest BCUT2D eigenvalue weighted by molar-refractivity contribution is 0.0489. The lowest BCUT2D eigenvalue weighted by atomic mass is 10.1. The van der Waals surface area contributed by atoms with Crippen LogP contribution in [0.15, 0.2) is 47.1 Å². The number of furan rings is 1. The normalized spacial score (nSPS) is 17.2. The molecule has 2 heterocycles. The van der Waals surface area contributed by atoms with Gasteiger partial charge in [0.15, 0.2) is 0 Å². The molecule has 1 unspecified atom stereocenters. The number of ether oxygens (including phenoxy) is 2. The first-order valence-electron chi connectivity index (χ1n) is 7.84. The summed E-state index contributed by atoms with van der Waals surface area (Å²) < 4.78 is 16.4. The number of carbonyl (C=O) groups excluding carboxylic acids is 1. The lowest BCUT2D eigenvalue weighted by Crippen LogP contribution is -2.37. The SMILES string of the molecule is COc1ccccc1C(=O)N(Cc1ccco1)CC1CCCO1. The number of benzene rings is 1. The largest absolute Gasteiger partial charge is 0.496 e. The van der Waals surface area contributed by atoms with Gasteiger partial charge in [0.1, 0.15) is 11.5 Å². The highest BCUT2D eigenvalue weighted by Gasteiger charge is 2.25. The zero-order chi connectivity index (χ0) is 16.1. The summed E-state index contributed by atoms with van der Waals surface area (Å²) in [5.74, 6) is 1.26. The van der Waals surface area contributed by atoms with Gasteiger partial charge in [-0.15, -0.1) is 0 Å². The molecule has 3 rings (SSSR count). The molecular weight excluding hydrogens is 294 g/mol. The first kappa shape index (κ1) is 15.6. The monoisotopic (exact) mass is 315 g/mol. The summed E-state index contributed by atoms with van der Waals surface area (Å²) in [5, 5.41) is 0. The summed E-state index contributed by atoms with van der Waals surface area (Å²) in [6.45, 7) is 1.74. The Morgan fingerprint density at radius 1 is 1.30 bits per heavy atom. The van der Waals surface area contributed by atoms with Crippen molar-refractivity contribution < 1.29 is 18.7 Å². The molecular formula is C18H21NO4. The van der Waals surface area contributed by atoms with Crippen LogP contribution in [0.4, 0.5) is 0 Å². The minimum absolute atomic E-state index is 0.0747. The molecule has 1 aliphatic rings. The molecule has 0 N–H and O–H groups in total. The van der Waals surface area contributed by atoms with Gasteiger partial charge >= 0.3 is 0 Å². The Hall–Kier alpha value is -2.27. The van der Waals surface area contributed by atoms with Crippen LogP contribution in [0.25, 0.3) is 0 Å². The topological polar surface area (TPSA) is 51.9 Å². The fourth-order valence-corrected chi connectivity index (χ4v) is 2.84. The Bertz CT molecular complexity index is 632. The maximum absolute atomic E-state index is 13.0. The smallest absolute Gasteiger partial charge is 0.258 e. The molecule has 0 aliphatic carbocycles. The minimum Gasteiger partial charge on any atom is -0.496 e. The molecule has 5 heteroatoms. The number of nitrogens with zero attached hydrogens (tertiary/aromatic N) is 1. The van der Waals surface area contributed by atoms with E-state index in [1.165, 1.54) is 0 Å². The predicted molar refractivity (Wildman–Crippen MR) is 85.4 cm³/mol. The van der Waals surface area contributed by atoms with Gasteiger partial charge in [0.2, 0.25) is 0 Å². The summed E-state index contributed by atoms with van der Waals surface area (Å²) in [4.78, 5) is 14.8. The third kappa shape index (κ3) is 3.74.